The van der Waals surface area contributed by atoms with Gasteiger partial charge in [0.2, 0.25) is 6.04 Å². The van der Waals surface area contributed by atoms with E-state index in [2.05, 4.69) is 35.7 Å². The third kappa shape index (κ3) is 6.61. The Morgan fingerprint density at radius 2 is 1.59 bits per heavy atom. The van der Waals surface area contributed by atoms with E-state index in [0.29, 0.717) is 25.9 Å². The van der Waals surface area contributed by atoms with Crippen molar-refractivity contribution in [2.45, 2.75) is 38.9 Å². The lowest BCUT2D eigenvalue weighted by molar-refractivity contribution is -0.530. The van der Waals surface area contributed by atoms with Crippen molar-refractivity contribution in [1.82, 2.24) is 4.90 Å². The highest BCUT2D eigenvalue weighted by Gasteiger charge is 2.28. The largest absolute Gasteiger partial charge is 0.357 e. The van der Waals surface area contributed by atoms with E-state index < -0.39 is 6.04 Å². The number of nitrogens with zero attached hydrogens (tertiary/aromatic N) is 2. The van der Waals surface area contributed by atoms with Crippen molar-refractivity contribution in [3.05, 3.63) is 94.6 Å². The number of nitro groups is 1. The lowest BCUT2D eigenvalue weighted by Crippen LogP contribution is -2.34. The van der Waals surface area contributed by atoms with E-state index in [4.69, 9.17) is 12.2 Å². The molecular formula is C22H26N2O2S. The van der Waals surface area contributed by atoms with Gasteiger partial charge in [-0.15, -0.1) is 6.58 Å². The first kappa shape index (κ1) is 20.8. The molecule has 0 N–H and O–H groups in total. The van der Waals surface area contributed by atoms with E-state index in [9.17, 15) is 10.1 Å². The SMILES string of the molecule is C=CC[C@@H]([C@@H](C)CC(=S)N(Cc1ccccc1)Cc1ccccc1)[N+](=O)[O-]. The number of thiocarbonyl (C=S) groups is 1. The summed E-state index contributed by atoms with van der Waals surface area (Å²) in [5.74, 6) is -0.153. The molecule has 142 valence electrons. The Kier molecular flexibility index (Phi) is 8.14. The second kappa shape index (κ2) is 10.6. The summed E-state index contributed by atoms with van der Waals surface area (Å²) in [5, 5.41) is 11.4. The van der Waals surface area contributed by atoms with Gasteiger partial charge in [-0.05, 0) is 11.1 Å². The molecule has 0 saturated carbocycles. The van der Waals surface area contributed by atoms with Crippen LogP contribution in [0.25, 0.3) is 0 Å². The predicted molar refractivity (Wildman–Crippen MR) is 114 cm³/mol. The normalized spacial score (nSPS) is 12.8. The molecule has 4 nitrogen and oxygen atoms in total. The molecule has 2 aromatic rings. The Hall–Kier alpha value is -2.53. The highest BCUT2D eigenvalue weighted by molar-refractivity contribution is 7.80. The number of rotatable bonds is 10. The van der Waals surface area contributed by atoms with Gasteiger partial charge in [-0.2, -0.15) is 0 Å². The van der Waals surface area contributed by atoms with Crippen LogP contribution < -0.4 is 0 Å². The topological polar surface area (TPSA) is 46.4 Å². The van der Waals surface area contributed by atoms with Crippen LogP contribution in [0.1, 0.15) is 30.9 Å². The minimum Gasteiger partial charge on any atom is -0.357 e. The van der Waals surface area contributed by atoms with Gasteiger partial charge >= 0.3 is 0 Å². The van der Waals surface area contributed by atoms with Gasteiger partial charge in [0.25, 0.3) is 0 Å². The second-order valence-electron chi connectivity index (χ2n) is 6.78. The van der Waals surface area contributed by atoms with Crippen molar-refractivity contribution in [2.75, 3.05) is 0 Å². The highest BCUT2D eigenvalue weighted by atomic mass is 32.1. The van der Waals surface area contributed by atoms with Crippen LogP contribution in [0.15, 0.2) is 73.3 Å². The third-order valence-electron chi connectivity index (χ3n) is 4.62. The lowest BCUT2D eigenvalue weighted by Gasteiger charge is -2.28. The quantitative estimate of drug-likeness (QED) is 0.243. The Morgan fingerprint density at radius 3 is 2.00 bits per heavy atom. The van der Waals surface area contributed by atoms with Crippen LogP contribution in [0.4, 0.5) is 0 Å². The van der Waals surface area contributed by atoms with Gasteiger partial charge in [-0.25, -0.2) is 0 Å². The molecule has 0 saturated heterocycles. The first-order chi connectivity index (χ1) is 13.0. The van der Waals surface area contributed by atoms with Gasteiger partial charge in [0, 0.05) is 36.8 Å². The van der Waals surface area contributed by atoms with E-state index in [1.165, 1.54) is 11.1 Å². The van der Waals surface area contributed by atoms with Crippen molar-refractivity contribution < 1.29 is 4.92 Å². The molecule has 0 radical (unpaired) electrons. The maximum Gasteiger partial charge on any atom is 0.219 e. The first-order valence-corrected chi connectivity index (χ1v) is 9.52. The summed E-state index contributed by atoms with van der Waals surface area (Å²) in [7, 11) is 0. The summed E-state index contributed by atoms with van der Waals surface area (Å²) < 4.78 is 0. The van der Waals surface area contributed by atoms with E-state index in [1.54, 1.807) is 6.08 Å². The maximum absolute atomic E-state index is 11.4. The van der Waals surface area contributed by atoms with Gasteiger partial charge in [0.1, 0.15) is 0 Å². The van der Waals surface area contributed by atoms with Crippen LogP contribution in [0, 0.1) is 16.0 Å². The Morgan fingerprint density at radius 1 is 1.11 bits per heavy atom. The smallest absolute Gasteiger partial charge is 0.219 e. The monoisotopic (exact) mass is 382 g/mol. The Labute approximate surface area is 166 Å². The van der Waals surface area contributed by atoms with Crippen molar-refractivity contribution in [3.8, 4) is 0 Å². The molecule has 27 heavy (non-hydrogen) atoms. The number of hydrogen-bond acceptors (Lipinski definition) is 3. The standard InChI is InChI=1S/C22H26N2O2S/c1-3-10-21(24(25)26)18(2)15-22(27)23(16-19-11-6-4-7-12-19)17-20-13-8-5-9-14-20/h3-9,11-14,18,21H,1,10,15-17H2,2H3/t18-,21-/m0/s1. The van der Waals surface area contributed by atoms with Crippen LogP contribution in [-0.2, 0) is 13.1 Å². The molecule has 5 heteroatoms. The highest BCUT2D eigenvalue weighted by Crippen LogP contribution is 2.20. The fraction of sp³-hybridized carbons (Fsp3) is 0.318. The summed E-state index contributed by atoms with van der Waals surface area (Å²) in [6.07, 6.45) is 2.47. The predicted octanol–water partition coefficient (Wildman–Crippen LogP) is 5.26. The van der Waals surface area contributed by atoms with Crippen molar-refractivity contribution in [1.29, 1.82) is 0 Å². The van der Waals surface area contributed by atoms with Crippen LogP contribution in [0.3, 0.4) is 0 Å². The zero-order valence-electron chi connectivity index (χ0n) is 15.7. The molecule has 2 aromatic carbocycles. The second-order valence-corrected chi connectivity index (χ2v) is 7.25. The average molecular weight is 383 g/mol. The van der Waals surface area contributed by atoms with Crippen LogP contribution >= 0.6 is 12.2 Å². The number of hydrogen-bond donors (Lipinski definition) is 0. The molecule has 0 aliphatic rings. The van der Waals surface area contributed by atoms with Crippen molar-refractivity contribution in [3.63, 3.8) is 0 Å². The molecule has 0 aliphatic heterocycles. The first-order valence-electron chi connectivity index (χ1n) is 9.11. The van der Waals surface area contributed by atoms with Gasteiger partial charge in [-0.1, -0.05) is 85.9 Å². The zero-order chi connectivity index (χ0) is 19.6. The minimum absolute atomic E-state index is 0.153. The molecule has 0 aliphatic carbocycles. The maximum atomic E-state index is 11.4. The molecular weight excluding hydrogens is 356 g/mol. The third-order valence-corrected chi connectivity index (χ3v) is 5.04. The molecule has 2 rings (SSSR count). The minimum atomic E-state index is -0.657. The van der Waals surface area contributed by atoms with Gasteiger partial charge in [0.15, 0.2) is 0 Å². The molecule has 0 spiro atoms. The fourth-order valence-electron chi connectivity index (χ4n) is 3.08. The van der Waals surface area contributed by atoms with Crippen LogP contribution in [0.5, 0.6) is 0 Å². The van der Waals surface area contributed by atoms with E-state index >= 15 is 0 Å². The summed E-state index contributed by atoms with van der Waals surface area (Å²) in [6.45, 7) is 6.91. The fourth-order valence-corrected chi connectivity index (χ4v) is 3.47. The molecule has 0 heterocycles. The zero-order valence-corrected chi connectivity index (χ0v) is 16.5. The van der Waals surface area contributed by atoms with Crippen molar-refractivity contribution >= 4 is 17.2 Å². The van der Waals surface area contributed by atoms with Gasteiger partial charge in [0.05, 0.1) is 4.99 Å². The van der Waals surface area contributed by atoms with Crippen LogP contribution in [0.2, 0.25) is 0 Å². The lowest BCUT2D eigenvalue weighted by atomic mass is 9.95. The summed E-state index contributed by atoms with van der Waals surface area (Å²) >= 11 is 5.72. The molecule has 0 aromatic heterocycles. The van der Waals surface area contributed by atoms with Gasteiger partial charge in [-0.3, -0.25) is 10.1 Å². The van der Waals surface area contributed by atoms with Crippen molar-refractivity contribution in [2.24, 2.45) is 5.92 Å². The molecule has 2 atom stereocenters. The summed E-state index contributed by atoms with van der Waals surface area (Å²) in [5.41, 5.74) is 2.33. The molecule has 0 amide bonds. The molecule has 0 unspecified atom stereocenters. The van der Waals surface area contributed by atoms with E-state index in [-0.39, 0.29) is 10.8 Å². The Bertz CT molecular complexity index is 708. The summed E-state index contributed by atoms with van der Waals surface area (Å²) in [6, 6.07) is 19.6. The Balaban J connectivity index is 2.14. The van der Waals surface area contributed by atoms with E-state index in [1.807, 2.05) is 43.3 Å². The average Bonchev–Trinajstić information content (AvgIpc) is 2.66. The summed E-state index contributed by atoms with van der Waals surface area (Å²) in [4.78, 5) is 14.0. The molecule has 0 bridgehead atoms. The van der Waals surface area contributed by atoms with Gasteiger partial charge < -0.3 is 4.90 Å². The number of benzene rings is 2. The molecule has 0 fully saturated rings. The van der Waals surface area contributed by atoms with Crippen LogP contribution in [-0.4, -0.2) is 20.9 Å². The van der Waals surface area contributed by atoms with E-state index in [0.717, 1.165) is 4.99 Å².